The Labute approximate surface area is 85.8 Å². The van der Waals surface area contributed by atoms with Gasteiger partial charge in [-0.2, -0.15) is 0 Å². The second-order valence-electron chi connectivity index (χ2n) is 4.71. The van der Waals surface area contributed by atoms with Crippen LogP contribution in [0.3, 0.4) is 0 Å². The van der Waals surface area contributed by atoms with Crippen LogP contribution < -0.4 is 10.3 Å². The second-order valence-corrected chi connectivity index (χ2v) is 6.60. The minimum Gasteiger partial charge on any atom is -0.330 e. The van der Waals surface area contributed by atoms with Crippen LogP contribution in [0.2, 0.25) is 5.54 Å². The second kappa shape index (κ2) is 6.57. The Hall–Kier alpha value is 0.137. The number of nitrogens with one attached hydrogen (secondary N) is 2. The molecule has 0 saturated carbocycles. The van der Waals surface area contributed by atoms with Gasteiger partial charge in [-0.15, -0.1) is 0 Å². The molecule has 0 saturated heterocycles. The Kier molecular flexibility index (Phi) is 6.64. The minimum absolute atomic E-state index is 0.112. The van der Waals surface area contributed by atoms with Gasteiger partial charge in [0.1, 0.15) is 0 Å². The molecule has 0 radical (unpaired) electrons. The van der Waals surface area contributed by atoms with Gasteiger partial charge in [0.25, 0.3) is 0 Å². The average Bonchev–Trinajstić information content (AvgIpc) is 2.02. The summed E-state index contributed by atoms with van der Waals surface area (Å²) in [6, 6.07) is 0. The third-order valence-electron chi connectivity index (χ3n) is 2.61. The van der Waals surface area contributed by atoms with E-state index in [0.29, 0.717) is 5.41 Å². The summed E-state index contributed by atoms with van der Waals surface area (Å²) in [5, 5.41) is 3.30. The molecular formula is C10H26N2Si. The van der Waals surface area contributed by atoms with Crippen molar-refractivity contribution in [2.45, 2.75) is 46.6 Å². The van der Waals surface area contributed by atoms with E-state index in [1.807, 2.05) is 0 Å². The zero-order valence-electron chi connectivity index (χ0n) is 9.91. The maximum atomic E-state index is 3.57. The Morgan fingerprint density at radius 1 is 1.23 bits per heavy atom. The summed E-state index contributed by atoms with van der Waals surface area (Å²) in [6.07, 6.45) is 1.31. The highest BCUT2D eigenvalue weighted by atomic mass is 28.2. The SMILES string of the molecule is CCNCN[SiH2]C(CC)C(C)(C)C. The fraction of sp³-hybridized carbons (Fsp3) is 1.00. The summed E-state index contributed by atoms with van der Waals surface area (Å²) < 4.78 is 0. The van der Waals surface area contributed by atoms with Crippen LogP contribution in [0, 0.1) is 5.41 Å². The lowest BCUT2D eigenvalue weighted by Crippen LogP contribution is -2.36. The van der Waals surface area contributed by atoms with Crippen LogP contribution in [0.1, 0.15) is 41.0 Å². The van der Waals surface area contributed by atoms with Crippen LogP contribution in [0.4, 0.5) is 0 Å². The van der Waals surface area contributed by atoms with E-state index < -0.39 is 0 Å². The van der Waals surface area contributed by atoms with Crippen molar-refractivity contribution >= 4 is 9.68 Å². The van der Waals surface area contributed by atoms with Crippen LogP contribution in [-0.4, -0.2) is 22.9 Å². The molecule has 1 unspecified atom stereocenters. The Balaban J connectivity index is 3.61. The average molecular weight is 202 g/mol. The summed E-state index contributed by atoms with van der Waals surface area (Å²) in [4.78, 5) is 3.57. The molecule has 0 spiro atoms. The van der Waals surface area contributed by atoms with E-state index in [4.69, 9.17) is 0 Å². The standard InChI is InChI=1S/C10H26N2Si/c1-6-9(10(3,4)5)13-12-8-11-7-2/h9,11-12H,6-8,13H2,1-5H3. The van der Waals surface area contributed by atoms with Crippen molar-refractivity contribution in [1.29, 1.82) is 0 Å². The van der Waals surface area contributed by atoms with Crippen LogP contribution in [0.25, 0.3) is 0 Å². The lowest BCUT2D eigenvalue weighted by molar-refractivity contribution is 0.367. The first-order valence-electron chi connectivity index (χ1n) is 5.43. The number of hydrogen-bond acceptors (Lipinski definition) is 2. The quantitative estimate of drug-likeness (QED) is 0.387. The van der Waals surface area contributed by atoms with Crippen molar-refractivity contribution < 1.29 is 0 Å². The molecule has 0 aromatic heterocycles. The first-order valence-corrected chi connectivity index (χ1v) is 6.96. The molecule has 0 rings (SSSR count). The van der Waals surface area contributed by atoms with Gasteiger partial charge in [-0.3, -0.25) is 0 Å². The first kappa shape index (κ1) is 13.1. The van der Waals surface area contributed by atoms with E-state index >= 15 is 0 Å². The molecule has 0 aromatic carbocycles. The van der Waals surface area contributed by atoms with Crippen LogP contribution in [0.15, 0.2) is 0 Å². The molecule has 80 valence electrons. The predicted molar refractivity (Wildman–Crippen MR) is 63.7 cm³/mol. The highest BCUT2D eigenvalue weighted by Crippen LogP contribution is 2.32. The fourth-order valence-corrected chi connectivity index (χ4v) is 3.09. The Morgan fingerprint density at radius 3 is 2.23 bits per heavy atom. The highest BCUT2D eigenvalue weighted by Gasteiger charge is 2.22. The molecular weight excluding hydrogens is 176 g/mol. The third kappa shape index (κ3) is 6.24. The lowest BCUT2D eigenvalue weighted by Gasteiger charge is -2.29. The minimum atomic E-state index is -0.112. The van der Waals surface area contributed by atoms with Gasteiger partial charge in [0.15, 0.2) is 0 Å². The van der Waals surface area contributed by atoms with Gasteiger partial charge < -0.3 is 10.3 Å². The maximum Gasteiger partial charge on any atom is 0.0966 e. The molecule has 0 aliphatic carbocycles. The molecule has 0 heterocycles. The summed E-state index contributed by atoms with van der Waals surface area (Å²) >= 11 is 0. The van der Waals surface area contributed by atoms with Gasteiger partial charge in [-0.05, 0) is 17.5 Å². The van der Waals surface area contributed by atoms with E-state index in [1.54, 1.807) is 0 Å². The topological polar surface area (TPSA) is 24.1 Å². The van der Waals surface area contributed by atoms with Crippen LogP contribution in [0.5, 0.6) is 0 Å². The molecule has 2 N–H and O–H groups in total. The predicted octanol–water partition coefficient (Wildman–Crippen LogP) is 1.47. The van der Waals surface area contributed by atoms with Gasteiger partial charge in [-0.25, -0.2) is 0 Å². The summed E-state index contributed by atoms with van der Waals surface area (Å²) in [6.45, 7) is 13.6. The van der Waals surface area contributed by atoms with E-state index in [1.165, 1.54) is 6.42 Å². The van der Waals surface area contributed by atoms with E-state index in [0.717, 1.165) is 18.8 Å². The van der Waals surface area contributed by atoms with Gasteiger partial charge in [0.2, 0.25) is 0 Å². The van der Waals surface area contributed by atoms with Gasteiger partial charge in [-0.1, -0.05) is 41.0 Å². The first-order chi connectivity index (χ1) is 6.02. The van der Waals surface area contributed by atoms with Gasteiger partial charge in [0.05, 0.1) is 9.68 Å². The fourth-order valence-electron chi connectivity index (χ4n) is 1.52. The van der Waals surface area contributed by atoms with Crippen LogP contribution >= 0.6 is 0 Å². The van der Waals surface area contributed by atoms with Crippen molar-refractivity contribution in [3.8, 4) is 0 Å². The molecule has 0 bridgehead atoms. The monoisotopic (exact) mass is 202 g/mol. The molecule has 0 aromatic rings. The zero-order chi connectivity index (χ0) is 10.3. The molecule has 0 amide bonds. The number of hydrogen-bond donors (Lipinski definition) is 2. The van der Waals surface area contributed by atoms with Gasteiger partial charge in [0, 0.05) is 6.67 Å². The number of rotatable bonds is 6. The summed E-state index contributed by atoms with van der Waals surface area (Å²) in [5.74, 6) is 0. The van der Waals surface area contributed by atoms with Crippen molar-refractivity contribution in [2.75, 3.05) is 13.2 Å². The smallest absolute Gasteiger partial charge is 0.0966 e. The van der Waals surface area contributed by atoms with Gasteiger partial charge >= 0.3 is 0 Å². The molecule has 1 atom stereocenters. The summed E-state index contributed by atoms with van der Waals surface area (Å²) in [5.41, 5.74) is 1.39. The van der Waals surface area contributed by atoms with E-state index in [9.17, 15) is 0 Å². The third-order valence-corrected chi connectivity index (χ3v) is 5.44. The molecule has 13 heavy (non-hydrogen) atoms. The zero-order valence-corrected chi connectivity index (χ0v) is 11.3. The highest BCUT2D eigenvalue weighted by molar-refractivity contribution is 6.34. The van der Waals surface area contributed by atoms with Crippen molar-refractivity contribution in [2.24, 2.45) is 5.41 Å². The molecule has 0 aliphatic heterocycles. The summed E-state index contributed by atoms with van der Waals surface area (Å²) in [7, 11) is -0.112. The van der Waals surface area contributed by atoms with E-state index in [-0.39, 0.29) is 9.68 Å². The van der Waals surface area contributed by atoms with Crippen molar-refractivity contribution in [3.05, 3.63) is 0 Å². The largest absolute Gasteiger partial charge is 0.330 e. The molecule has 0 aliphatic rings. The Morgan fingerprint density at radius 2 is 1.85 bits per heavy atom. The van der Waals surface area contributed by atoms with Crippen molar-refractivity contribution in [1.82, 2.24) is 10.3 Å². The maximum absolute atomic E-state index is 3.57. The molecule has 3 heteroatoms. The van der Waals surface area contributed by atoms with Crippen LogP contribution in [-0.2, 0) is 0 Å². The lowest BCUT2D eigenvalue weighted by atomic mass is 9.90. The molecule has 2 nitrogen and oxygen atoms in total. The molecule has 0 fully saturated rings. The normalized spacial score (nSPS) is 15.5. The Bertz CT molecular complexity index is 121. The van der Waals surface area contributed by atoms with Crippen molar-refractivity contribution in [3.63, 3.8) is 0 Å². The van der Waals surface area contributed by atoms with E-state index in [2.05, 4.69) is 44.9 Å².